The van der Waals surface area contributed by atoms with Gasteiger partial charge in [-0.05, 0) is 56.5 Å². The second-order valence-electron chi connectivity index (χ2n) is 7.42. The molecule has 2 aromatic rings. The number of esters is 1. The lowest BCUT2D eigenvalue weighted by atomic mass is 10.1. The van der Waals surface area contributed by atoms with Crippen LogP contribution in [0.1, 0.15) is 42.1 Å². The van der Waals surface area contributed by atoms with Crippen molar-refractivity contribution in [1.82, 2.24) is 4.31 Å². The minimum atomic E-state index is -3.79. The molecule has 1 fully saturated rings. The van der Waals surface area contributed by atoms with Gasteiger partial charge in [-0.15, -0.1) is 0 Å². The van der Waals surface area contributed by atoms with Crippen LogP contribution in [0, 0.1) is 17.0 Å². The molecule has 0 bridgehead atoms. The van der Waals surface area contributed by atoms with Crippen molar-refractivity contribution in [3.63, 3.8) is 0 Å². The molecule has 1 heterocycles. The molecule has 1 atom stereocenters. The predicted molar refractivity (Wildman–Crippen MR) is 113 cm³/mol. The average molecular weight is 448 g/mol. The van der Waals surface area contributed by atoms with Crippen LogP contribution in [0.3, 0.4) is 0 Å². The number of hydrogen-bond donors (Lipinski definition) is 0. The summed E-state index contributed by atoms with van der Waals surface area (Å²) in [4.78, 5) is 23.4. The number of piperidine rings is 1. The van der Waals surface area contributed by atoms with Gasteiger partial charge in [-0.25, -0.2) is 13.2 Å². The Morgan fingerprint density at radius 1 is 1.19 bits per heavy atom. The third-order valence-corrected chi connectivity index (χ3v) is 7.35. The lowest BCUT2D eigenvalue weighted by molar-refractivity contribution is -0.385. The van der Waals surface area contributed by atoms with Crippen LogP contribution in [0.25, 0.3) is 0 Å². The molecule has 0 saturated carbocycles. The first kappa shape index (κ1) is 22.7. The summed E-state index contributed by atoms with van der Waals surface area (Å²) < 4.78 is 37.9. The van der Waals surface area contributed by atoms with Crippen molar-refractivity contribution < 1.29 is 27.6 Å². The molecule has 1 aliphatic rings. The van der Waals surface area contributed by atoms with Gasteiger partial charge in [-0.3, -0.25) is 10.1 Å². The number of nitro benzene ring substituents is 1. The fourth-order valence-corrected chi connectivity index (χ4v) is 5.28. The highest BCUT2D eigenvalue weighted by Crippen LogP contribution is 2.32. The highest BCUT2D eigenvalue weighted by Gasteiger charge is 2.32. The number of carbonyl (C=O) groups excluding carboxylic acids is 1. The molecule has 1 unspecified atom stereocenters. The lowest BCUT2D eigenvalue weighted by Crippen LogP contribution is -2.41. The van der Waals surface area contributed by atoms with E-state index in [2.05, 4.69) is 0 Å². The fourth-order valence-electron chi connectivity index (χ4n) is 3.55. The van der Waals surface area contributed by atoms with Crippen molar-refractivity contribution in [2.24, 2.45) is 0 Å². The van der Waals surface area contributed by atoms with Gasteiger partial charge in [-0.2, -0.15) is 4.31 Å². The van der Waals surface area contributed by atoms with Crippen molar-refractivity contribution >= 4 is 21.7 Å². The number of methoxy groups -OCH3 is 1. The normalized spacial score (nSPS) is 17.2. The summed E-state index contributed by atoms with van der Waals surface area (Å²) >= 11 is 0. The van der Waals surface area contributed by atoms with E-state index in [4.69, 9.17) is 9.47 Å². The zero-order valence-corrected chi connectivity index (χ0v) is 18.3. The number of sulfonamides is 1. The zero-order chi connectivity index (χ0) is 22.8. The third-order valence-electron chi connectivity index (χ3n) is 5.34. The van der Waals surface area contributed by atoms with E-state index in [9.17, 15) is 23.3 Å². The van der Waals surface area contributed by atoms with E-state index in [-0.39, 0.29) is 28.0 Å². The van der Waals surface area contributed by atoms with Crippen molar-refractivity contribution in [2.75, 3.05) is 13.7 Å². The number of ether oxygens (including phenoxy) is 2. The summed E-state index contributed by atoms with van der Waals surface area (Å²) in [6.45, 7) is 3.93. The van der Waals surface area contributed by atoms with E-state index in [1.807, 2.05) is 6.92 Å². The first-order chi connectivity index (χ1) is 14.6. The highest BCUT2D eigenvalue weighted by molar-refractivity contribution is 7.89. The Kier molecular flexibility index (Phi) is 6.61. The second-order valence-corrected chi connectivity index (χ2v) is 9.31. The maximum Gasteiger partial charge on any atom is 0.344 e. The maximum absolute atomic E-state index is 13.1. The molecule has 0 spiro atoms. The molecule has 3 rings (SSSR count). The number of benzene rings is 2. The number of rotatable bonds is 6. The molecule has 2 aromatic carbocycles. The van der Waals surface area contributed by atoms with E-state index >= 15 is 0 Å². The second kappa shape index (κ2) is 9.03. The molecule has 31 heavy (non-hydrogen) atoms. The molecule has 0 amide bonds. The van der Waals surface area contributed by atoms with Crippen LogP contribution in [0.2, 0.25) is 0 Å². The number of nitro groups is 1. The highest BCUT2D eigenvalue weighted by atomic mass is 32.2. The number of hydrogen-bond acceptors (Lipinski definition) is 7. The van der Waals surface area contributed by atoms with Crippen LogP contribution >= 0.6 is 0 Å². The topological polar surface area (TPSA) is 116 Å². The Morgan fingerprint density at radius 2 is 1.94 bits per heavy atom. The molecule has 0 radical (unpaired) electrons. The van der Waals surface area contributed by atoms with Gasteiger partial charge in [-0.1, -0.05) is 12.5 Å². The number of aryl methyl sites for hydroxylation is 1. The summed E-state index contributed by atoms with van der Waals surface area (Å²) in [6, 6.07) is 7.97. The van der Waals surface area contributed by atoms with Gasteiger partial charge in [0.15, 0.2) is 0 Å². The summed E-state index contributed by atoms with van der Waals surface area (Å²) in [6.07, 6.45) is 2.53. The van der Waals surface area contributed by atoms with E-state index in [0.29, 0.717) is 12.1 Å². The van der Waals surface area contributed by atoms with Crippen molar-refractivity contribution in [1.29, 1.82) is 0 Å². The molecule has 166 valence electrons. The van der Waals surface area contributed by atoms with Crippen LogP contribution in [0.5, 0.6) is 11.5 Å². The Bertz CT molecular complexity index is 1110. The molecule has 1 saturated heterocycles. The Hall–Kier alpha value is -2.98. The molecular weight excluding hydrogens is 424 g/mol. The van der Waals surface area contributed by atoms with E-state index in [1.165, 1.54) is 41.7 Å². The minimum Gasteiger partial charge on any atom is -0.496 e. The standard InChI is InChI=1S/C21H24N2O7S/c1-14-7-9-17(31(27,28)22-11-5-4-6-15(22)2)13-18(14)21(24)30-20-10-8-16(29-3)12-19(20)23(25)26/h7-10,12-13,15H,4-6,11H2,1-3H3. The van der Waals surface area contributed by atoms with Gasteiger partial charge in [0.2, 0.25) is 15.8 Å². The molecular formula is C21H24N2O7S. The first-order valence-corrected chi connectivity index (χ1v) is 11.3. The van der Waals surface area contributed by atoms with Crippen molar-refractivity contribution in [2.45, 2.75) is 44.0 Å². The average Bonchev–Trinajstić information content (AvgIpc) is 2.74. The minimum absolute atomic E-state index is 0.0111. The number of nitrogens with zero attached hydrogens (tertiary/aromatic N) is 2. The SMILES string of the molecule is COc1ccc(OC(=O)c2cc(S(=O)(=O)N3CCCCC3C)ccc2C)c([N+](=O)[O-])c1. The van der Waals surface area contributed by atoms with Gasteiger partial charge in [0, 0.05) is 12.6 Å². The molecule has 9 nitrogen and oxygen atoms in total. The summed E-state index contributed by atoms with van der Waals surface area (Å²) in [5.41, 5.74) is 0.0823. The van der Waals surface area contributed by atoms with Gasteiger partial charge in [0.1, 0.15) is 5.75 Å². The van der Waals surface area contributed by atoms with Gasteiger partial charge < -0.3 is 9.47 Å². The van der Waals surface area contributed by atoms with Crippen molar-refractivity contribution in [3.8, 4) is 11.5 Å². The van der Waals surface area contributed by atoms with Gasteiger partial charge >= 0.3 is 11.7 Å². The predicted octanol–water partition coefficient (Wildman–Crippen LogP) is 3.69. The quantitative estimate of drug-likeness (QED) is 0.286. The summed E-state index contributed by atoms with van der Waals surface area (Å²) in [5, 5.41) is 11.3. The maximum atomic E-state index is 13.1. The largest absolute Gasteiger partial charge is 0.496 e. The fraction of sp³-hybridized carbons (Fsp3) is 0.381. The smallest absolute Gasteiger partial charge is 0.344 e. The van der Waals surface area contributed by atoms with Gasteiger partial charge in [0.05, 0.1) is 28.6 Å². The molecule has 0 aromatic heterocycles. The van der Waals surface area contributed by atoms with E-state index < -0.39 is 26.6 Å². The third kappa shape index (κ3) is 4.70. The Morgan fingerprint density at radius 3 is 2.58 bits per heavy atom. The van der Waals surface area contributed by atoms with Crippen LogP contribution in [0.15, 0.2) is 41.3 Å². The van der Waals surface area contributed by atoms with E-state index in [0.717, 1.165) is 25.3 Å². The Labute approximate surface area is 180 Å². The molecule has 0 aliphatic carbocycles. The number of carbonyl (C=O) groups is 1. The van der Waals surface area contributed by atoms with Crippen LogP contribution < -0.4 is 9.47 Å². The van der Waals surface area contributed by atoms with Crippen LogP contribution in [0.4, 0.5) is 5.69 Å². The Balaban J connectivity index is 1.94. The zero-order valence-electron chi connectivity index (χ0n) is 17.5. The van der Waals surface area contributed by atoms with Crippen LogP contribution in [-0.4, -0.2) is 43.3 Å². The lowest BCUT2D eigenvalue weighted by Gasteiger charge is -2.32. The van der Waals surface area contributed by atoms with Crippen LogP contribution in [-0.2, 0) is 10.0 Å². The summed E-state index contributed by atoms with van der Waals surface area (Å²) in [7, 11) is -2.42. The van der Waals surface area contributed by atoms with Crippen molar-refractivity contribution in [3.05, 3.63) is 57.6 Å². The monoisotopic (exact) mass is 448 g/mol. The molecule has 10 heteroatoms. The summed E-state index contributed by atoms with van der Waals surface area (Å²) in [5.74, 6) is -0.894. The first-order valence-electron chi connectivity index (χ1n) is 9.82. The van der Waals surface area contributed by atoms with Gasteiger partial charge in [0.25, 0.3) is 0 Å². The van der Waals surface area contributed by atoms with E-state index in [1.54, 1.807) is 6.92 Å². The molecule has 0 N–H and O–H groups in total. The molecule has 1 aliphatic heterocycles.